The van der Waals surface area contributed by atoms with Crippen molar-refractivity contribution in [3.63, 3.8) is 0 Å². The van der Waals surface area contributed by atoms with Gasteiger partial charge < -0.3 is 15.1 Å². The van der Waals surface area contributed by atoms with Gasteiger partial charge in [-0.1, -0.05) is 43.3 Å². The number of rotatable bonds is 6. The molecule has 2 aromatic carbocycles. The number of benzene rings is 2. The van der Waals surface area contributed by atoms with Gasteiger partial charge in [0.25, 0.3) is 5.91 Å². The maximum Gasteiger partial charge on any atom is 0.324 e. The Labute approximate surface area is 198 Å². The number of nitrogens with one attached hydrogen (secondary N) is 2. The molecule has 2 fully saturated rings. The number of likely N-dealkylation sites (N-methyl/N-ethyl adjacent to an activating group) is 1. The molecular weight excluding hydrogens is 432 g/mol. The highest BCUT2D eigenvalue weighted by molar-refractivity contribution is 6.07. The lowest BCUT2D eigenvalue weighted by molar-refractivity contribution is -0.139. The van der Waals surface area contributed by atoms with Crippen molar-refractivity contribution < 1.29 is 19.2 Å². The number of imide groups is 1. The summed E-state index contributed by atoms with van der Waals surface area (Å²) in [5.41, 5.74) is 2.22. The molecule has 1 heterocycles. The van der Waals surface area contributed by atoms with Crippen LogP contribution >= 0.6 is 0 Å². The van der Waals surface area contributed by atoms with Crippen LogP contribution in [0.25, 0.3) is 0 Å². The van der Waals surface area contributed by atoms with E-state index in [2.05, 4.69) is 10.6 Å². The molecule has 2 aromatic rings. The molecule has 1 spiro atoms. The molecule has 34 heavy (non-hydrogen) atoms. The van der Waals surface area contributed by atoms with Crippen LogP contribution in [0.1, 0.15) is 36.5 Å². The summed E-state index contributed by atoms with van der Waals surface area (Å²) in [7, 11) is 1.63. The van der Waals surface area contributed by atoms with Gasteiger partial charge in [0.05, 0.1) is 0 Å². The fraction of sp³-hybridized carbons (Fsp3) is 0.385. The molecule has 0 bridgehead atoms. The van der Waals surface area contributed by atoms with E-state index in [0.717, 1.165) is 29.5 Å². The summed E-state index contributed by atoms with van der Waals surface area (Å²) in [6.07, 6.45) is 2.53. The van der Waals surface area contributed by atoms with Crippen LogP contribution in [0, 0.1) is 5.41 Å². The quantitative estimate of drug-likeness (QED) is 0.647. The first-order chi connectivity index (χ1) is 16.2. The maximum absolute atomic E-state index is 13.1. The molecule has 1 atom stereocenters. The lowest BCUT2D eigenvalue weighted by Crippen LogP contribution is -2.48. The number of hydrogen-bond donors (Lipinski definition) is 2. The molecule has 1 saturated carbocycles. The van der Waals surface area contributed by atoms with E-state index in [9.17, 15) is 19.2 Å². The molecule has 176 valence electrons. The van der Waals surface area contributed by atoms with E-state index in [-0.39, 0.29) is 35.7 Å². The first-order valence-corrected chi connectivity index (χ1v) is 11.5. The van der Waals surface area contributed by atoms with E-state index >= 15 is 0 Å². The highest BCUT2D eigenvalue weighted by Crippen LogP contribution is 2.46. The third kappa shape index (κ3) is 3.83. The normalized spacial score (nSPS) is 21.9. The standard InChI is InChI=1S/C26H28N4O4/c1-25(10-11-25)23(33)30(15-17-6-4-3-5-7-17)16-21(31)27-20-9-8-18-13-26(14-19(18)12-20)22(32)28-24(34)29(26)2/h3-9,12H,10-11,13-16H2,1-2H3,(H,27,31)(H,28,32,34)/t26-/m0/s1. The summed E-state index contributed by atoms with van der Waals surface area (Å²) < 4.78 is 0. The van der Waals surface area contributed by atoms with Crippen LogP contribution in [-0.2, 0) is 33.8 Å². The Hall–Kier alpha value is -3.68. The van der Waals surface area contributed by atoms with E-state index < -0.39 is 5.54 Å². The molecule has 2 aliphatic carbocycles. The Morgan fingerprint density at radius 1 is 1.06 bits per heavy atom. The zero-order chi connectivity index (χ0) is 24.1. The molecule has 0 radical (unpaired) electrons. The highest BCUT2D eigenvalue weighted by Gasteiger charge is 2.54. The Bertz CT molecular complexity index is 1190. The second kappa shape index (κ2) is 7.97. The van der Waals surface area contributed by atoms with Gasteiger partial charge in [0, 0.05) is 37.5 Å². The summed E-state index contributed by atoms with van der Waals surface area (Å²) in [6.45, 7) is 2.29. The van der Waals surface area contributed by atoms with Gasteiger partial charge in [-0.25, -0.2) is 4.79 Å². The van der Waals surface area contributed by atoms with E-state index in [0.29, 0.717) is 25.1 Å². The van der Waals surface area contributed by atoms with Crippen LogP contribution in [-0.4, -0.2) is 52.7 Å². The van der Waals surface area contributed by atoms with Gasteiger partial charge in [-0.15, -0.1) is 0 Å². The largest absolute Gasteiger partial charge is 0.329 e. The molecular formula is C26H28N4O4. The number of urea groups is 1. The number of fused-ring (bicyclic) bond motifs is 1. The Morgan fingerprint density at radius 3 is 2.41 bits per heavy atom. The number of hydrogen-bond acceptors (Lipinski definition) is 4. The lowest BCUT2D eigenvalue weighted by Gasteiger charge is -2.27. The van der Waals surface area contributed by atoms with Gasteiger partial charge in [0.15, 0.2) is 0 Å². The van der Waals surface area contributed by atoms with Gasteiger partial charge >= 0.3 is 6.03 Å². The number of nitrogens with zero attached hydrogens (tertiary/aromatic N) is 2. The molecule has 1 aliphatic heterocycles. The topological polar surface area (TPSA) is 98.8 Å². The van der Waals surface area contributed by atoms with Gasteiger partial charge in [0.2, 0.25) is 11.8 Å². The Morgan fingerprint density at radius 2 is 1.76 bits per heavy atom. The minimum atomic E-state index is -0.902. The first kappa shape index (κ1) is 22.1. The minimum absolute atomic E-state index is 0.00217. The van der Waals surface area contributed by atoms with Crippen molar-refractivity contribution in [2.24, 2.45) is 5.41 Å². The van der Waals surface area contributed by atoms with Crippen molar-refractivity contribution in [2.45, 2.75) is 44.7 Å². The molecule has 3 aliphatic rings. The molecule has 2 N–H and O–H groups in total. The van der Waals surface area contributed by atoms with Crippen LogP contribution < -0.4 is 10.6 Å². The molecule has 8 nitrogen and oxygen atoms in total. The average Bonchev–Trinajstić information content (AvgIpc) is 3.39. The molecule has 0 aromatic heterocycles. The summed E-state index contributed by atoms with van der Waals surface area (Å²) >= 11 is 0. The average molecular weight is 461 g/mol. The summed E-state index contributed by atoms with van der Waals surface area (Å²) in [5.74, 6) is -0.556. The summed E-state index contributed by atoms with van der Waals surface area (Å²) in [4.78, 5) is 53.6. The first-order valence-electron chi connectivity index (χ1n) is 11.5. The molecule has 8 heteroatoms. The Kier molecular flexibility index (Phi) is 5.19. The fourth-order valence-corrected chi connectivity index (χ4v) is 4.94. The maximum atomic E-state index is 13.1. The van der Waals surface area contributed by atoms with Gasteiger partial charge in [-0.05, 0) is 41.7 Å². The van der Waals surface area contributed by atoms with Crippen molar-refractivity contribution in [1.82, 2.24) is 15.1 Å². The third-order valence-corrected chi connectivity index (χ3v) is 7.40. The van der Waals surface area contributed by atoms with Crippen molar-refractivity contribution in [1.29, 1.82) is 0 Å². The smallest absolute Gasteiger partial charge is 0.324 e. The van der Waals surface area contributed by atoms with Crippen molar-refractivity contribution in [3.8, 4) is 0 Å². The predicted octanol–water partition coefficient (Wildman–Crippen LogP) is 2.47. The van der Waals surface area contributed by atoms with Crippen molar-refractivity contribution in [2.75, 3.05) is 18.9 Å². The number of amides is 5. The van der Waals surface area contributed by atoms with Gasteiger partial charge in [0.1, 0.15) is 12.1 Å². The number of carbonyl (C=O) groups excluding carboxylic acids is 4. The molecule has 0 unspecified atom stereocenters. The zero-order valence-corrected chi connectivity index (χ0v) is 19.4. The molecule has 1 saturated heterocycles. The van der Waals surface area contributed by atoms with Gasteiger partial charge in [-0.2, -0.15) is 0 Å². The minimum Gasteiger partial charge on any atom is -0.329 e. The molecule has 5 amide bonds. The molecule has 5 rings (SSSR count). The summed E-state index contributed by atoms with van der Waals surface area (Å²) in [5, 5.41) is 5.30. The monoisotopic (exact) mass is 460 g/mol. The third-order valence-electron chi connectivity index (χ3n) is 7.40. The SMILES string of the molecule is CN1C(=O)NC(=O)[C@@]12Cc1ccc(NC(=O)CN(Cc3ccccc3)C(=O)C3(C)CC3)cc1C2. The second-order valence-electron chi connectivity index (χ2n) is 9.94. The van der Waals surface area contributed by atoms with Crippen molar-refractivity contribution >= 4 is 29.4 Å². The zero-order valence-electron chi connectivity index (χ0n) is 19.4. The summed E-state index contributed by atoms with van der Waals surface area (Å²) in [6, 6.07) is 14.8. The van der Waals surface area contributed by atoms with Crippen LogP contribution in [0.3, 0.4) is 0 Å². The van der Waals surface area contributed by atoms with Crippen molar-refractivity contribution in [3.05, 3.63) is 65.2 Å². The number of carbonyl (C=O) groups is 4. The van der Waals surface area contributed by atoms with E-state index in [4.69, 9.17) is 0 Å². The second-order valence-corrected chi connectivity index (χ2v) is 9.94. The van der Waals surface area contributed by atoms with Crippen LogP contribution in [0.15, 0.2) is 48.5 Å². The highest BCUT2D eigenvalue weighted by atomic mass is 16.2. The van der Waals surface area contributed by atoms with E-state index in [1.807, 2.05) is 49.4 Å². The van der Waals surface area contributed by atoms with Crippen LogP contribution in [0.5, 0.6) is 0 Å². The van der Waals surface area contributed by atoms with Crippen LogP contribution in [0.4, 0.5) is 10.5 Å². The Balaban J connectivity index is 1.29. The predicted molar refractivity (Wildman–Crippen MR) is 126 cm³/mol. The number of anilines is 1. The van der Waals surface area contributed by atoms with E-state index in [1.54, 1.807) is 18.0 Å². The van der Waals surface area contributed by atoms with Crippen LogP contribution in [0.2, 0.25) is 0 Å². The fourth-order valence-electron chi connectivity index (χ4n) is 4.94. The van der Waals surface area contributed by atoms with E-state index in [1.165, 1.54) is 4.90 Å². The van der Waals surface area contributed by atoms with Gasteiger partial charge in [-0.3, -0.25) is 19.7 Å². The lowest BCUT2D eigenvalue weighted by atomic mass is 9.95.